The first kappa shape index (κ1) is 17.9. The molecule has 3 rings (SSSR count). The summed E-state index contributed by atoms with van der Waals surface area (Å²) in [4.78, 5) is 10.7. The lowest BCUT2D eigenvalue weighted by Crippen LogP contribution is -2.27. The Labute approximate surface area is 135 Å². The molecule has 3 aliphatic carbocycles. The molecule has 0 amide bonds. The van der Waals surface area contributed by atoms with Gasteiger partial charge in [0, 0.05) is 5.92 Å². The topological polar surface area (TPSA) is 57.5 Å². The molecule has 3 aliphatic rings. The molecule has 128 valence electrons. The summed E-state index contributed by atoms with van der Waals surface area (Å²) in [5, 5.41) is 18.4. The fourth-order valence-corrected chi connectivity index (χ4v) is 4.41. The molecule has 0 aromatic rings. The molecule has 0 atom stereocenters. The predicted octanol–water partition coefficient (Wildman–Crippen LogP) is 3.85. The second-order valence-electron chi connectivity index (χ2n) is 7.67. The maximum atomic E-state index is 10.7. The molecule has 3 saturated carbocycles. The third kappa shape index (κ3) is 6.00. The Hall–Kier alpha value is -0.410. The molecule has 0 aliphatic heterocycles. The molecule has 0 bridgehead atoms. The van der Waals surface area contributed by atoms with E-state index in [-0.39, 0.29) is 12.2 Å². The highest BCUT2D eigenvalue weighted by Crippen LogP contribution is 2.39. The largest absolute Gasteiger partial charge is 0.393 e. The average Bonchev–Trinajstić information content (AvgIpc) is 2.57. The van der Waals surface area contributed by atoms with Gasteiger partial charge in [-0.2, -0.15) is 0 Å². The van der Waals surface area contributed by atoms with Crippen LogP contribution in [0.1, 0.15) is 83.5 Å². The molecule has 0 aromatic carbocycles. The van der Waals surface area contributed by atoms with Crippen molar-refractivity contribution in [3.05, 3.63) is 0 Å². The predicted molar refractivity (Wildman–Crippen MR) is 88.6 cm³/mol. The van der Waals surface area contributed by atoms with Crippen LogP contribution in [0.5, 0.6) is 0 Å². The number of carbonyl (C=O) groups is 1. The molecular weight excluding hydrogens is 276 g/mol. The van der Waals surface area contributed by atoms with Crippen LogP contribution in [0.3, 0.4) is 0 Å². The Morgan fingerprint density at radius 1 is 0.591 bits per heavy atom. The Morgan fingerprint density at radius 2 is 1.05 bits per heavy atom. The van der Waals surface area contributed by atoms with Gasteiger partial charge in [0.2, 0.25) is 0 Å². The van der Waals surface area contributed by atoms with E-state index in [9.17, 15) is 9.90 Å². The Kier molecular flexibility index (Phi) is 7.88. The van der Waals surface area contributed by atoms with Crippen LogP contribution >= 0.6 is 0 Å². The standard InChI is InChI=1S/C13H22O2.C6H12O/c14-9-10-1-3-11(4-2-10)12-5-7-13(15)8-6-12;7-6-4-2-1-3-5-6/h9-13,15H,1-8H2;6-7H,1-5H2. The summed E-state index contributed by atoms with van der Waals surface area (Å²) < 4.78 is 0. The zero-order valence-electron chi connectivity index (χ0n) is 14.0. The van der Waals surface area contributed by atoms with Gasteiger partial charge in [0.15, 0.2) is 0 Å². The van der Waals surface area contributed by atoms with Gasteiger partial charge in [0.25, 0.3) is 0 Å². The van der Waals surface area contributed by atoms with Crippen molar-refractivity contribution in [1.82, 2.24) is 0 Å². The molecule has 0 radical (unpaired) electrons. The number of hydrogen-bond acceptors (Lipinski definition) is 3. The van der Waals surface area contributed by atoms with E-state index >= 15 is 0 Å². The van der Waals surface area contributed by atoms with E-state index in [2.05, 4.69) is 0 Å². The quantitative estimate of drug-likeness (QED) is 0.762. The SMILES string of the molecule is O=CC1CCC(C2CCC(O)CC2)CC1.OC1CCCCC1. The number of hydrogen-bond donors (Lipinski definition) is 2. The summed E-state index contributed by atoms with van der Waals surface area (Å²) in [6.45, 7) is 0. The van der Waals surface area contributed by atoms with Crippen molar-refractivity contribution >= 4 is 6.29 Å². The summed E-state index contributed by atoms with van der Waals surface area (Å²) in [6.07, 6.45) is 16.1. The summed E-state index contributed by atoms with van der Waals surface area (Å²) in [5.41, 5.74) is 0. The van der Waals surface area contributed by atoms with E-state index in [4.69, 9.17) is 5.11 Å². The lowest BCUT2D eigenvalue weighted by atomic mass is 9.71. The Bertz CT molecular complexity index is 296. The summed E-state index contributed by atoms with van der Waals surface area (Å²) >= 11 is 0. The highest BCUT2D eigenvalue weighted by Gasteiger charge is 2.30. The number of aliphatic hydroxyl groups excluding tert-OH is 2. The summed E-state index contributed by atoms with van der Waals surface area (Å²) in [5.74, 6) is 2.02. The number of carbonyl (C=O) groups excluding carboxylic acids is 1. The van der Waals surface area contributed by atoms with Gasteiger partial charge in [-0.25, -0.2) is 0 Å². The van der Waals surface area contributed by atoms with Crippen molar-refractivity contribution in [2.24, 2.45) is 17.8 Å². The zero-order valence-corrected chi connectivity index (χ0v) is 14.0. The van der Waals surface area contributed by atoms with Gasteiger partial charge in [-0.05, 0) is 76.0 Å². The molecule has 22 heavy (non-hydrogen) atoms. The molecule has 3 heteroatoms. The highest BCUT2D eigenvalue weighted by molar-refractivity contribution is 5.53. The van der Waals surface area contributed by atoms with E-state index in [1.165, 1.54) is 44.9 Å². The van der Waals surface area contributed by atoms with Gasteiger partial charge in [-0.15, -0.1) is 0 Å². The van der Waals surface area contributed by atoms with E-state index in [0.717, 1.165) is 56.6 Å². The molecule has 0 heterocycles. The van der Waals surface area contributed by atoms with Crippen molar-refractivity contribution < 1.29 is 15.0 Å². The molecule has 0 saturated heterocycles. The minimum Gasteiger partial charge on any atom is -0.393 e. The molecule has 0 unspecified atom stereocenters. The van der Waals surface area contributed by atoms with Crippen molar-refractivity contribution in [3.8, 4) is 0 Å². The van der Waals surface area contributed by atoms with Crippen molar-refractivity contribution in [2.45, 2.75) is 95.7 Å². The minimum absolute atomic E-state index is 0.0347. The van der Waals surface area contributed by atoms with Gasteiger partial charge in [0.1, 0.15) is 6.29 Å². The first-order chi connectivity index (χ1) is 10.7. The maximum absolute atomic E-state index is 10.7. The summed E-state index contributed by atoms with van der Waals surface area (Å²) in [6, 6.07) is 0. The third-order valence-electron chi connectivity index (χ3n) is 5.99. The van der Waals surface area contributed by atoms with Crippen LogP contribution in [0.25, 0.3) is 0 Å². The maximum Gasteiger partial charge on any atom is 0.123 e. The molecular formula is C19H34O3. The lowest BCUT2D eigenvalue weighted by molar-refractivity contribution is -0.112. The lowest BCUT2D eigenvalue weighted by Gasteiger charge is -2.35. The van der Waals surface area contributed by atoms with Crippen molar-refractivity contribution in [3.63, 3.8) is 0 Å². The van der Waals surface area contributed by atoms with Crippen molar-refractivity contribution in [2.75, 3.05) is 0 Å². The monoisotopic (exact) mass is 310 g/mol. The van der Waals surface area contributed by atoms with Crippen LogP contribution < -0.4 is 0 Å². The second kappa shape index (κ2) is 9.67. The first-order valence-electron chi connectivity index (χ1n) is 9.50. The van der Waals surface area contributed by atoms with Gasteiger partial charge >= 0.3 is 0 Å². The second-order valence-corrected chi connectivity index (χ2v) is 7.67. The first-order valence-corrected chi connectivity index (χ1v) is 9.50. The van der Waals surface area contributed by atoms with Crippen LogP contribution in [0.2, 0.25) is 0 Å². The van der Waals surface area contributed by atoms with Crippen LogP contribution in [0, 0.1) is 17.8 Å². The number of rotatable bonds is 2. The third-order valence-corrected chi connectivity index (χ3v) is 5.99. The van der Waals surface area contributed by atoms with E-state index in [1.807, 2.05) is 0 Å². The van der Waals surface area contributed by atoms with Crippen LogP contribution in [0.4, 0.5) is 0 Å². The summed E-state index contributed by atoms with van der Waals surface area (Å²) in [7, 11) is 0. The molecule has 0 aromatic heterocycles. The van der Waals surface area contributed by atoms with Gasteiger partial charge in [0.05, 0.1) is 12.2 Å². The van der Waals surface area contributed by atoms with Crippen LogP contribution in [-0.2, 0) is 4.79 Å². The molecule has 2 N–H and O–H groups in total. The van der Waals surface area contributed by atoms with Crippen LogP contribution in [-0.4, -0.2) is 28.7 Å². The Morgan fingerprint density at radius 3 is 1.45 bits per heavy atom. The van der Waals surface area contributed by atoms with E-state index in [0.29, 0.717) is 5.92 Å². The van der Waals surface area contributed by atoms with Gasteiger partial charge < -0.3 is 15.0 Å². The highest BCUT2D eigenvalue weighted by atomic mass is 16.3. The van der Waals surface area contributed by atoms with E-state index < -0.39 is 0 Å². The van der Waals surface area contributed by atoms with Crippen molar-refractivity contribution in [1.29, 1.82) is 0 Å². The van der Waals surface area contributed by atoms with Gasteiger partial charge in [-0.3, -0.25) is 0 Å². The van der Waals surface area contributed by atoms with Gasteiger partial charge in [-0.1, -0.05) is 19.3 Å². The fraction of sp³-hybridized carbons (Fsp3) is 0.947. The normalized spacial score (nSPS) is 37.0. The fourth-order valence-electron chi connectivity index (χ4n) is 4.41. The Balaban J connectivity index is 0.000000211. The minimum atomic E-state index is -0.0347. The molecule has 0 spiro atoms. The number of aldehydes is 1. The number of aliphatic hydroxyl groups is 2. The van der Waals surface area contributed by atoms with E-state index in [1.54, 1.807) is 0 Å². The smallest absolute Gasteiger partial charge is 0.123 e. The zero-order chi connectivity index (χ0) is 15.8. The van der Waals surface area contributed by atoms with Crippen LogP contribution in [0.15, 0.2) is 0 Å². The average molecular weight is 310 g/mol. The molecule has 3 fully saturated rings. The molecule has 3 nitrogen and oxygen atoms in total.